The molecule has 1 saturated heterocycles. The van der Waals surface area contributed by atoms with E-state index in [1.54, 1.807) is 19.1 Å². The SMILES string of the molecule is Cc1nc2c3c(F)cccc3[nH]n2c(=O)c1CCC(=O)NCCN1CCOCC1. The fourth-order valence-corrected chi connectivity index (χ4v) is 3.69. The number of morpholine rings is 1. The van der Waals surface area contributed by atoms with Crippen LogP contribution < -0.4 is 10.9 Å². The van der Waals surface area contributed by atoms with E-state index in [-0.39, 0.29) is 30.0 Å². The highest BCUT2D eigenvalue weighted by Gasteiger charge is 2.17. The fraction of sp³-hybridized carbons (Fsp3) is 0.450. The average molecular weight is 401 g/mol. The lowest BCUT2D eigenvalue weighted by Gasteiger charge is -2.26. The molecule has 0 atom stereocenters. The van der Waals surface area contributed by atoms with Gasteiger partial charge >= 0.3 is 0 Å². The van der Waals surface area contributed by atoms with Crippen LogP contribution >= 0.6 is 0 Å². The van der Waals surface area contributed by atoms with Crippen LogP contribution in [0, 0.1) is 12.7 Å². The molecule has 29 heavy (non-hydrogen) atoms. The Morgan fingerprint density at radius 1 is 1.34 bits per heavy atom. The average Bonchev–Trinajstić information content (AvgIpc) is 3.08. The van der Waals surface area contributed by atoms with Gasteiger partial charge < -0.3 is 10.1 Å². The van der Waals surface area contributed by atoms with E-state index in [1.165, 1.54) is 10.6 Å². The summed E-state index contributed by atoms with van der Waals surface area (Å²) in [6, 6.07) is 4.61. The van der Waals surface area contributed by atoms with Gasteiger partial charge in [0, 0.05) is 43.9 Å². The molecule has 1 fully saturated rings. The Bertz CT molecular complexity index is 1100. The van der Waals surface area contributed by atoms with Gasteiger partial charge in [-0.25, -0.2) is 13.9 Å². The standard InChI is InChI=1S/C20H24FN5O3/c1-13-14(5-6-17(27)22-7-8-25-9-11-29-12-10-25)20(28)26-19(23-13)18-15(21)3-2-4-16(18)24-26/h2-4,24H,5-12H2,1H3,(H,22,27). The molecule has 3 aromatic rings. The minimum atomic E-state index is -0.431. The molecule has 0 spiro atoms. The number of fused-ring (bicyclic) bond motifs is 3. The van der Waals surface area contributed by atoms with Crippen LogP contribution in [-0.4, -0.2) is 64.8 Å². The van der Waals surface area contributed by atoms with E-state index in [0.717, 1.165) is 32.8 Å². The normalized spacial score (nSPS) is 15.2. The first-order chi connectivity index (χ1) is 14.0. The predicted octanol–water partition coefficient (Wildman–Crippen LogP) is 1.00. The van der Waals surface area contributed by atoms with Gasteiger partial charge in [0.05, 0.1) is 24.1 Å². The summed E-state index contributed by atoms with van der Waals surface area (Å²) in [5.74, 6) is -0.537. The minimum Gasteiger partial charge on any atom is -0.379 e. The third kappa shape index (κ3) is 4.01. The molecule has 1 aliphatic rings. The van der Waals surface area contributed by atoms with Crippen molar-refractivity contribution in [2.45, 2.75) is 19.8 Å². The van der Waals surface area contributed by atoms with E-state index < -0.39 is 5.82 Å². The smallest absolute Gasteiger partial charge is 0.276 e. The maximum Gasteiger partial charge on any atom is 0.276 e. The maximum atomic E-state index is 14.2. The molecule has 0 saturated carbocycles. The maximum absolute atomic E-state index is 14.2. The van der Waals surface area contributed by atoms with Crippen molar-refractivity contribution < 1.29 is 13.9 Å². The van der Waals surface area contributed by atoms with E-state index in [0.29, 0.717) is 28.7 Å². The third-order valence-corrected chi connectivity index (χ3v) is 5.31. The molecule has 1 aliphatic heterocycles. The fourth-order valence-electron chi connectivity index (χ4n) is 3.69. The lowest BCUT2D eigenvalue weighted by molar-refractivity contribution is -0.121. The van der Waals surface area contributed by atoms with Crippen molar-refractivity contribution in [3.8, 4) is 0 Å². The molecule has 1 aromatic carbocycles. The lowest BCUT2D eigenvalue weighted by Crippen LogP contribution is -2.41. The van der Waals surface area contributed by atoms with Crippen LogP contribution in [0.15, 0.2) is 23.0 Å². The summed E-state index contributed by atoms with van der Waals surface area (Å²) in [5, 5.41) is 6.09. The molecule has 0 unspecified atom stereocenters. The predicted molar refractivity (Wildman–Crippen MR) is 107 cm³/mol. The van der Waals surface area contributed by atoms with Gasteiger partial charge in [-0.15, -0.1) is 0 Å². The molecule has 8 nitrogen and oxygen atoms in total. The number of H-pyrrole nitrogens is 1. The number of nitrogens with one attached hydrogen (secondary N) is 2. The van der Waals surface area contributed by atoms with Crippen LogP contribution in [0.5, 0.6) is 0 Å². The number of aromatic nitrogens is 3. The van der Waals surface area contributed by atoms with E-state index >= 15 is 0 Å². The molecule has 4 rings (SSSR count). The first-order valence-electron chi connectivity index (χ1n) is 9.80. The van der Waals surface area contributed by atoms with E-state index in [4.69, 9.17) is 4.74 Å². The van der Waals surface area contributed by atoms with Gasteiger partial charge in [0.2, 0.25) is 5.91 Å². The number of aryl methyl sites for hydroxylation is 1. The van der Waals surface area contributed by atoms with Gasteiger partial charge in [0.25, 0.3) is 5.56 Å². The van der Waals surface area contributed by atoms with Crippen molar-refractivity contribution in [2.24, 2.45) is 0 Å². The Labute approximate surface area is 166 Å². The Balaban J connectivity index is 1.44. The monoisotopic (exact) mass is 401 g/mol. The third-order valence-electron chi connectivity index (χ3n) is 5.31. The molecule has 3 heterocycles. The summed E-state index contributed by atoms with van der Waals surface area (Å²) < 4.78 is 20.7. The number of nitrogens with zero attached hydrogens (tertiary/aromatic N) is 3. The number of amides is 1. The van der Waals surface area contributed by atoms with E-state index in [9.17, 15) is 14.0 Å². The molecule has 0 radical (unpaired) electrons. The number of aromatic amines is 1. The van der Waals surface area contributed by atoms with Crippen molar-refractivity contribution in [2.75, 3.05) is 39.4 Å². The number of ether oxygens (including phenoxy) is 1. The number of carbonyl (C=O) groups excluding carboxylic acids is 1. The van der Waals surface area contributed by atoms with E-state index in [1.807, 2.05) is 0 Å². The molecular formula is C20H24FN5O3. The largest absolute Gasteiger partial charge is 0.379 e. The topological polar surface area (TPSA) is 91.7 Å². The summed E-state index contributed by atoms with van der Waals surface area (Å²) in [6.07, 6.45) is 0.476. The Hall–Kier alpha value is -2.78. The minimum absolute atomic E-state index is 0.107. The highest BCUT2D eigenvalue weighted by atomic mass is 19.1. The number of hydrogen-bond acceptors (Lipinski definition) is 5. The molecule has 1 amide bonds. The first kappa shape index (κ1) is 19.5. The van der Waals surface area contributed by atoms with Crippen molar-refractivity contribution in [3.63, 3.8) is 0 Å². The van der Waals surface area contributed by atoms with Gasteiger partial charge in [-0.1, -0.05) is 6.07 Å². The van der Waals surface area contributed by atoms with Crippen LogP contribution in [0.25, 0.3) is 16.6 Å². The van der Waals surface area contributed by atoms with Gasteiger partial charge in [0.15, 0.2) is 5.65 Å². The van der Waals surface area contributed by atoms with Crippen molar-refractivity contribution in [3.05, 3.63) is 45.6 Å². The molecule has 2 N–H and O–H groups in total. The second kappa shape index (κ2) is 8.30. The summed E-state index contributed by atoms with van der Waals surface area (Å²) in [6.45, 7) is 6.27. The highest BCUT2D eigenvalue weighted by molar-refractivity contribution is 5.92. The molecule has 0 bridgehead atoms. The van der Waals surface area contributed by atoms with Crippen LogP contribution in [-0.2, 0) is 16.0 Å². The Morgan fingerprint density at radius 2 is 2.14 bits per heavy atom. The van der Waals surface area contributed by atoms with Crippen LogP contribution in [0.2, 0.25) is 0 Å². The van der Waals surface area contributed by atoms with Crippen LogP contribution in [0.1, 0.15) is 17.7 Å². The van der Waals surface area contributed by atoms with Crippen LogP contribution in [0.4, 0.5) is 4.39 Å². The van der Waals surface area contributed by atoms with Crippen molar-refractivity contribution >= 4 is 22.5 Å². The summed E-state index contributed by atoms with van der Waals surface area (Å²) in [4.78, 5) is 31.7. The summed E-state index contributed by atoms with van der Waals surface area (Å²) >= 11 is 0. The number of halogens is 1. The number of benzene rings is 1. The molecule has 9 heteroatoms. The van der Waals surface area contributed by atoms with Crippen molar-refractivity contribution in [1.82, 2.24) is 24.8 Å². The lowest BCUT2D eigenvalue weighted by atomic mass is 10.1. The first-order valence-corrected chi connectivity index (χ1v) is 9.80. The van der Waals surface area contributed by atoms with E-state index in [2.05, 4.69) is 20.3 Å². The van der Waals surface area contributed by atoms with Crippen LogP contribution in [0.3, 0.4) is 0 Å². The zero-order valence-electron chi connectivity index (χ0n) is 16.3. The van der Waals surface area contributed by atoms with Gasteiger partial charge in [-0.2, -0.15) is 0 Å². The second-order valence-electron chi connectivity index (χ2n) is 7.22. The summed E-state index contributed by atoms with van der Waals surface area (Å²) in [5.41, 5.74) is 1.44. The quantitative estimate of drug-likeness (QED) is 0.643. The van der Waals surface area contributed by atoms with Gasteiger partial charge in [-0.05, 0) is 25.5 Å². The Morgan fingerprint density at radius 3 is 2.93 bits per heavy atom. The number of hydrogen-bond donors (Lipinski definition) is 2. The molecule has 154 valence electrons. The van der Waals surface area contributed by atoms with Gasteiger partial charge in [-0.3, -0.25) is 19.6 Å². The molecular weight excluding hydrogens is 377 g/mol. The zero-order valence-corrected chi connectivity index (χ0v) is 16.3. The highest BCUT2D eigenvalue weighted by Crippen LogP contribution is 2.21. The van der Waals surface area contributed by atoms with Crippen molar-refractivity contribution in [1.29, 1.82) is 0 Å². The second-order valence-corrected chi connectivity index (χ2v) is 7.22. The zero-order chi connectivity index (χ0) is 20.4. The molecule has 2 aromatic heterocycles. The summed E-state index contributed by atoms with van der Waals surface area (Å²) in [7, 11) is 0. The Kier molecular flexibility index (Phi) is 5.59. The van der Waals surface area contributed by atoms with Gasteiger partial charge in [0.1, 0.15) is 5.82 Å². The molecule has 0 aliphatic carbocycles. The number of rotatable bonds is 6. The number of carbonyl (C=O) groups is 1.